The number of benzene rings is 2. The Hall–Kier alpha value is -1.78. The van der Waals surface area contributed by atoms with Crippen LogP contribution in [0.1, 0.15) is 21.2 Å². The van der Waals surface area contributed by atoms with Gasteiger partial charge in [0.25, 0.3) is 0 Å². The normalized spacial score (nSPS) is 30.4. The smallest absolute Gasteiger partial charge is 0.214 e. The number of ketones is 1. The van der Waals surface area contributed by atoms with Crippen LogP contribution in [-0.2, 0) is 0 Å². The molecular weight excluding hydrogens is 284 g/mol. The summed E-state index contributed by atoms with van der Waals surface area (Å²) in [5.74, 6) is 0.966. The first-order chi connectivity index (χ1) is 10.2. The fraction of sp³-hybridized carbons (Fsp3) is 0.235. The molecule has 1 saturated heterocycles. The molecule has 0 aromatic heterocycles. The van der Waals surface area contributed by atoms with Crippen molar-refractivity contribution >= 4 is 17.5 Å². The molecule has 1 fully saturated rings. The Morgan fingerprint density at radius 1 is 1.10 bits per heavy atom. The summed E-state index contributed by atoms with van der Waals surface area (Å²) in [5, 5.41) is 10.3. The molecule has 4 rings (SSSR count). The Balaban J connectivity index is 1.84. The molecule has 2 aliphatic rings. The number of fused-ring (bicyclic) bond motifs is 1. The summed E-state index contributed by atoms with van der Waals surface area (Å²) in [4.78, 5) is 12.9. The number of Topliss-reactive ketones (excluding diaryl/α,β-unsaturated/α-hetero) is 1. The number of hydrogen-bond acceptors (Lipinski definition) is 4. The van der Waals surface area contributed by atoms with Crippen molar-refractivity contribution in [2.24, 2.45) is 0 Å². The van der Waals surface area contributed by atoms with Gasteiger partial charge in [0.1, 0.15) is 11.9 Å². The summed E-state index contributed by atoms with van der Waals surface area (Å²) in [7, 11) is 0. The van der Waals surface area contributed by atoms with Gasteiger partial charge in [0, 0.05) is 5.75 Å². The number of carbonyl (C=O) groups is 1. The first kappa shape index (κ1) is 12.9. The van der Waals surface area contributed by atoms with Crippen LogP contribution < -0.4 is 4.74 Å². The maximum Gasteiger partial charge on any atom is 0.214 e. The van der Waals surface area contributed by atoms with Gasteiger partial charge < -0.3 is 9.84 Å². The molecule has 2 aliphatic heterocycles. The third kappa shape index (κ3) is 1.69. The minimum absolute atomic E-state index is 0.107. The molecule has 21 heavy (non-hydrogen) atoms. The number of ether oxygens (including phenoxy) is 1. The number of aliphatic hydroxyl groups is 1. The van der Waals surface area contributed by atoms with E-state index in [9.17, 15) is 9.90 Å². The number of aliphatic hydroxyl groups excluding tert-OH is 1. The van der Waals surface area contributed by atoms with Crippen molar-refractivity contribution in [1.29, 1.82) is 0 Å². The standard InChI is InChI=1S/C17H14O3S/c18-14-10-21-16(11-6-2-1-3-7-11)17(14)15(19)12-8-4-5-9-13(12)20-17/h1-9,14,16,18H,10H2/t14-,16-,17+/m0/s1. The van der Waals surface area contributed by atoms with Crippen LogP contribution >= 0.6 is 11.8 Å². The van der Waals surface area contributed by atoms with Crippen LogP contribution in [0.4, 0.5) is 0 Å². The molecule has 1 spiro atoms. The lowest BCUT2D eigenvalue weighted by atomic mass is 9.84. The minimum Gasteiger partial charge on any atom is -0.474 e. The van der Waals surface area contributed by atoms with Crippen molar-refractivity contribution in [2.45, 2.75) is 17.0 Å². The molecule has 0 radical (unpaired) electrons. The lowest BCUT2D eigenvalue weighted by Crippen LogP contribution is -2.51. The van der Waals surface area contributed by atoms with E-state index in [1.807, 2.05) is 42.5 Å². The molecule has 2 aromatic carbocycles. The predicted molar refractivity (Wildman–Crippen MR) is 81.8 cm³/mol. The fourth-order valence-electron chi connectivity index (χ4n) is 3.16. The Kier molecular flexibility index (Phi) is 2.84. The van der Waals surface area contributed by atoms with Crippen LogP contribution in [0.3, 0.4) is 0 Å². The summed E-state index contributed by atoms with van der Waals surface area (Å²) in [6, 6.07) is 17.0. The Morgan fingerprint density at radius 2 is 1.81 bits per heavy atom. The fourth-order valence-corrected chi connectivity index (χ4v) is 4.69. The van der Waals surface area contributed by atoms with Crippen molar-refractivity contribution in [3.05, 3.63) is 65.7 Å². The Bertz CT molecular complexity index is 700. The topological polar surface area (TPSA) is 46.5 Å². The molecule has 1 N–H and O–H groups in total. The van der Waals surface area contributed by atoms with Crippen LogP contribution in [0.2, 0.25) is 0 Å². The van der Waals surface area contributed by atoms with Crippen LogP contribution in [0.5, 0.6) is 5.75 Å². The average molecular weight is 298 g/mol. The first-order valence-corrected chi connectivity index (χ1v) is 7.96. The molecule has 0 saturated carbocycles. The van der Waals surface area contributed by atoms with E-state index in [0.717, 1.165) is 5.56 Å². The highest BCUT2D eigenvalue weighted by atomic mass is 32.2. The third-order valence-corrected chi connectivity index (χ3v) is 5.64. The molecule has 0 aliphatic carbocycles. The third-order valence-electron chi connectivity index (χ3n) is 4.17. The van der Waals surface area contributed by atoms with Gasteiger partial charge in [-0.1, -0.05) is 42.5 Å². The van der Waals surface area contributed by atoms with Gasteiger partial charge in [-0.2, -0.15) is 0 Å². The average Bonchev–Trinajstić information content (AvgIpc) is 3.01. The zero-order valence-electron chi connectivity index (χ0n) is 11.2. The largest absolute Gasteiger partial charge is 0.474 e. The van der Waals surface area contributed by atoms with Gasteiger partial charge in [-0.25, -0.2) is 0 Å². The van der Waals surface area contributed by atoms with E-state index in [2.05, 4.69) is 0 Å². The Morgan fingerprint density at radius 3 is 2.57 bits per heavy atom. The summed E-state index contributed by atoms with van der Waals surface area (Å²) in [5.41, 5.74) is 0.399. The molecule has 2 aromatic rings. The maximum atomic E-state index is 12.9. The van der Waals surface area contributed by atoms with E-state index >= 15 is 0 Å². The van der Waals surface area contributed by atoms with Crippen LogP contribution in [0.25, 0.3) is 0 Å². The molecule has 4 heteroatoms. The minimum atomic E-state index is -1.18. The van der Waals surface area contributed by atoms with E-state index in [1.54, 1.807) is 23.9 Å². The van der Waals surface area contributed by atoms with E-state index in [1.165, 1.54) is 0 Å². The second kappa shape index (κ2) is 4.61. The summed E-state index contributed by atoms with van der Waals surface area (Å²) in [6.45, 7) is 0. The van der Waals surface area contributed by atoms with Crippen LogP contribution in [-0.4, -0.2) is 28.3 Å². The van der Waals surface area contributed by atoms with Gasteiger partial charge in [-0.3, -0.25) is 4.79 Å². The summed E-state index contributed by atoms with van der Waals surface area (Å²) >= 11 is 1.58. The van der Waals surface area contributed by atoms with Gasteiger partial charge in [-0.05, 0) is 17.7 Å². The van der Waals surface area contributed by atoms with Crippen molar-refractivity contribution in [2.75, 3.05) is 5.75 Å². The quantitative estimate of drug-likeness (QED) is 0.879. The number of thioether (sulfide) groups is 1. The zero-order chi connectivity index (χ0) is 14.4. The van der Waals surface area contributed by atoms with E-state index in [-0.39, 0.29) is 11.0 Å². The molecule has 106 valence electrons. The number of carbonyl (C=O) groups excluding carboxylic acids is 1. The van der Waals surface area contributed by atoms with Gasteiger partial charge in [-0.15, -0.1) is 11.8 Å². The second-order valence-corrected chi connectivity index (χ2v) is 6.50. The molecule has 0 unspecified atom stereocenters. The first-order valence-electron chi connectivity index (χ1n) is 6.91. The van der Waals surface area contributed by atoms with E-state index < -0.39 is 11.7 Å². The van der Waals surface area contributed by atoms with Gasteiger partial charge in [0.05, 0.1) is 10.8 Å². The van der Waals surface area contributed by atoms with E-state index in [0.29, 0.717) is 17.1 Å². The highest BCUT2D eigenvalue weighted by Gasteiger charge is 2.62. The lowest BCUT2D eigenvalue weighted by molar-refractivity contribution is -0.00800. The van der Waals surface area contributed by atoms with Crippen molar-refractivity contribution in [3.8, 4) is 5.75 Å². The molecule has 3 atom stereocenters. The van der Waals surface area contributed by atoms with Gasteiger partial charge in [0.2, 0.25) is 11.4 Å². The lowest BCUT2D eigenvalue weighted by Gasteiger charge is -2.31. The van der Waals surface area contributed by atoms with Crippen molar-refractivity contribution in [1.82, 2.24) is 0 Å². The molecule has 0 bridgehead atoms. The monoisotopic (exact) mass is 298 g/mol. The number of para-hydroxylation sites is 1. The number of rotatable bonds is 1. The predicted octanol–water partition coefficient (Wildman–Crippen LogP) is 2.85. The Labute approximate surface area is 126 Å². The maximum absolute atomic E-state index is 12.9. The highest BCUT2D eigenvalue weighted by Crippen LogP contribution is 2.54. The van der Waals surface area contributed by atoms with Gasteiger partial charge >= 0.3 is 0 Å². The van der Waals surface area contributed by atoms with Crippen molar-refractivity contribution < 1.29 is 14.6 Å². The summed E-state index contributed by atoms with van der Waals surface area (Å²) < 4.78 is 6.03. The van der Waals surface area contributed by atoms with Crippen molar-refractivity contribution in [3.63, 3.8) is 0 Å². The molecule has 2 heterocycles. The zero-order valence-corrected chi connectivity index (χ0v) is 12.0. The highest BCUT2D eigenvalue weighted by molar-refractivity contribution is 8.00. The summed E-state index contributed by atoms with van der Waals surface area (Å²) in [6.07, 6.45) is -0.799. The molecule has 3 nitrogen and oxygen atoms in total. The second-order valence-electron chi connectivity index (χ2n) is 5.36. The van der Waals surface area contributed by atoms with Crippen LogP contribution in [0.15, 0.2) is 54.6 Å². The van der Waals surface area contributed by atoms with Gasteiger partial charge in [0.15, 0.2) is 0 Å². The molecular formula is C17H14O3S. The van der Waals surface area contributed by atoms with Crippen LogP contribution in [0, 0.1) is 0 Å². The van der Waals surface area contributed by atoms with E-state index in [4.69, 9.17) is 4.74 Å². The molecule has 0 amide bonds. The number of hydrogen-bond donors (Lipinski definition) is 1. The SMILES string of the molecule is O=C1c2ccccc2O[C@]12[C@@H](O)CS[C@H]2c1ccccc1.